The van der Waals surface area contributed by atoms with Gasteiger partial charge in [-0.3, -0.25) is 4.79 Å². The maximum Gasteiger partial charge on any atom is 0.255 e. The van der Waals surface area contributed by atoms with Crippen LogP contribution in [0.3, 0.4) is 0 Å². The molecule has 1 amide bonds. The third kappa shape index (κ3) is 5.49. The van der Waals surface area contributed by atoms with E-state index in [-0.39, 0.29) is 19.0 Å². The number of primary amides is 1. The fourth-order valence-electron chi connectivity index (χ4n) is 2.25. The Morgan fingerprint density at radius 1 is 1.26 bits per heavy atom. The lowest BCUT2D eigenvalue weighted by Crippen LogP contribution is -2.25. The second-order valence-electron chi connectivity index (χ2n) is 4.76. The smallest absolute Gasteiger partial charge is 0.255 e. The van der Waals surface area contributed by atoms with Crippen LogP contribution in [0.5, 0.6) is 5.75 Å². The molecule has 5 heteroatoms. The first-order valence-electron chi connectivity index (χ1n) is 6.47. The number of benzene rings is 1. The summed E-state index contributed by atoms with van der Waals surface area (Å²) in [7, 11) is 0. The van der Waals surface area contributed by atoms with Crippen molar-refractivity contribution < 1.29 is 9.53 Å². The summed E-state index contributed by atoms with van der Waals surface area (Å²) >= 11 is 0. The quantitative estimate of drug-likeness (QED) is 0.840. The van der Waals surface area contributed by atoms with E-state index in [4.69, 9.17) is 10.5 Å². The second kappa shape index (κ2) is 8.02. The molecule has 19 heavy (non-hydrogen) atoms. The molecule has 106 valence electrons. The average molecular weight is 285 g/mol. The maximum absolute atomic E-state index is 10.6. The minimum atomic E-state index is -0.457. The van der Waals surface area contributed by atoms with Gasteiger partial charge in [0.15, 0.2) is 6.61 Å². The van der Waals surface area contributed by atoms with E-state index >= 15 is 0 Å². The van der Waals surface area contributed by atoms with Crippen molar-refractivity contribution in [1.82, 2.24) is 5.32 Å². The number of amides is 1. The van der Waals surface area contributed by atoms with Crippen LogP contribution >= 0.6 is 12.4 Å². The van der Waals surface area contributed by atoms with E-state index in [2.05, 4.69) is 5.32 Å². The number of hydrogen-bond acceptors (Lipinski definition) is 3. The van der Waals surface area contributed by atoms with Crippen LogP contribution in [0.15, 0.2) is 24.3 Å². The molecule has 3 N–H and O–H groups in total. The Labute approximate surface area is 120 Å². The number of halogens is 1. The number of nitrogens with one attached hydrogen (secondary N) is 1. The van der Waals surface area contributed by atoms with Crippen molar-refractivity contribution in [2.45, 2.75) is 38.3 Å². The number of ether oxygens (including phenoxy) is 1. The molecule has 0 spiro atoms. The van der Waals surface area contributed by atoms with Crippen LogP contribution in [0.25, 0.3) is 0 Å². The molecule has 1 saturated carbocycles. The van der Waals surface area contributed by atoms with Gasteiger partial charge in [-0.25, -0.2) is 0 Å². The van der Waals surface area contributed by atoms with E-state index in [9.17, 15) is 4.79 Å². The average Bonchev–Trinajstić information content (AvgIpc) is 2.88. The van der Waals surface area contributed by atoms with Crippen LogP contribution in [-0.2, 0) is 11.3 Å². The predicted molar refractivity (Wildman–Crippen MR) is 77.5 cm³/mol. The summed E-state index contributed by atoms with van der Waals surface area (Å²) in [4.78, 5) is 10.6. The number of carbonyl (C=O) groups is 1. The molecule has 4 nitrogen and oxygen atoms in total. The fourth-order valence-corrected chi connectivity index (χ4v) is 2.25. The minimum absolute atomic E-state index is 0. The van der Waals surface area contributed by atoms with E-state index in [1.165, 1.54) is 31.2 Å². The molecule has 1 aliphatic rings. The molecule has 0 saturated heterocycles. The van der Waals surface area contributed by atoms with Gasteiger partial charge in [-0.2, -0.15) is 0 Å². The lowest BCUT2D eigenvalue weighted by atomic mass is 10.2. The third-order valence-electron chi connectivity index (χ3n) is 3.25. The Balaban J connectivity index is 0.00000180. The second-order valence-corrected chi connectivity index (χ2v) is 4.76. The summed E-state index contributed by atoms with van der Waals surface area (Å²) in [5.74, 6) is 0.223. The van der Waals surface area contributed by atoms with Crippen LogP contribution in [0.1, 0.15) is 31.2 Å². The van der Waals surface area contributed by atoms with Gasteiger partial charge in [0.1, 0.15) is 5.75 Å². The highest BCUT2D eigenvalue weighted by molar-refractivity contribution is 5.85. The summed E-state index contributed by atoms with van der Waals surface area (Å²) in [5, 5.41) is 3.55. The molecule has 0 aliphatic heterocycles. The highest BCUT2D eigenvalue weighted by Crippen LogP contribution is 2.18. The van der Waals surface area contributed by atoms with Gasteiger partial charge in [-0.1, -0.05) is 25.0 Å². The molecule has 0 atom stereocenters. The van der Waals surface area contributed by atoms with Gasteiger partial charge in [-0.15, -0.1) is 12.4 Å². The van der Waals surface area contributed by atoms with E-state index < -0.39 is 5.91 Å². The Morgan fingerprint density at radius 2 is 1.89 bits per heavy atom. The van der Waals surface area contributed by atoms with Crippen LogP contribution in [0, 0.1) is 0 Å². The normalized spacial score (nSPS) is 14.9. The van der Waals surface area contributed by atoms with Gasteiger partial charge in [0.2, 0.25) is 0 Å². The van der Waals surface area contributed by atoms with Crippen LogP contribution in [0.4, 0.5) is 0 Å². The SMILES string of the molecule is Cl.NC(=O)COc1ccc(CNC2CCCC2)cc1. The van der Waals surface area contributed by atoms with E-state index in [1.54, 1.807) is 0 Å². The van der Waals surface area contributed by atoms with Gasteiger partial charge in [0, 0.05) is 12.6 Å². The third-order valence-corrected chi connectivity index (χ3v) is 3.25. The molecule has 0 aromatic heterocycles. The molecular formula is C14H21ClN2O2. The summed E-state index contributed by atoms with van der Waals surface area (Å²) in [6.45, 7) is 0.820. The minimum Gasteiger partial charge on any atom is -0.484 e. The number of carbonyl (C=O) groups excluding carboxylic acids is 1. The van der Waals surface area contributed by atoms with E-state index in [0.717, 1.165) is 6.54 Å². The lowest BCUT2D eigenvalue weighted by molar-refractivity contribution is -0.119. The van der Waals surface area contributed by atoms with Crippen molar-refractivity contribution in [3.05, 3.63) is 29.8 Å². The molecule has 1 aromatic carbocycles. The Kier molecular flexibility index (Phi) is 6.67. The molecule has 1 aromatic rings. The molecule has 2 rings (SSSR count). The van der Waals surface area contributed by atoms with Gasteiger partial charge in [-0.05, 0) is 30.5 Å². The zero-order valence-corrected chi connectivity index (χ0v) is 11.7. The van der Waals surface area contributed by atoms with Crippen molar-refractivity contribution >= 4 is 18.3 Å². The molecular weight excluding hydrogens is 264 g/mol. The van der Waals surface area contributed by atoms with Crippen LogP contribution in [0.2, 0.25) is 0 Å². The van der Waals surface area contributed by atoms with Crippen LogP contribution in [-0.4, -0.2) is 18.6 Å². The highest BCUT2D eigenvalue weighted by Gasteiger charge is 2.13. The zero-order chi connectivity index (χ0) is 12.8. The van der Waals surface area contributed by atoms with Crippen molar-refractivity contribution in [2.75, 3.05) is 6.61 Å². The van der Waals surface area contributed by atoms with Crippen molar-refractivity contribution in [1.29, 1.82) is 0 Å². The summed E-state index contributed by atoms with van der Waals surface area (Å²) < 4.78 is 5.21. The number of nitrogens with two attached hydrogens (primary N) is 1. The Morgan fingerprint density at radius 3 is 2.47 bits per heavy atom. The maximum atomic E-state index is 10.6. The first-order chi connectivity index (χ1) is 8.74. The zero-order valence-electron chi connectivity index (χ0n) is 10.9. The summed E-state index contributed by atoms with van der Waals surface area (Å²) in [5.41, 5.74) is 6.24. The summed E-state index contributed by atoms with van der Waals surface area (Å²) in [6.07, 6.45) is 5.27. The lowest BCUT2D eigenvalue weighted by Gasteiger charge is -2.12. The Hall–Kier alpha value is -1.26. The molecule has 0 bridgehead atoms. The van der Waals surface area contributed by atoms with Crippen LogP contribution < -0.4 is 15.8 Å². The highest BCUT2D eigenvalue weighted by atomic mass is 35.5. The van der Waals surface area contributed by atoms with Crippen molar-refractivity contribution in [2.24, 2.45) is 5.73 Å². The molecule has 1 fully saturated rings. The largest absolute Gasteiger partial charge is 0.484 e. The van der Waals surface area contributed by atoms with Gasteiger partial charge in [0.05, 0.1) is 0 Å². The first kappa shape index (κ1) is 15.8. The fraction of sp³-hybridized carbons (Fsp3) is 0.500. The van der Waals surface area contributed by atoms with Gasteiger partial charge >= 0.3 is 0 Å². The molecule has 1 aliphatic carbocycles. The number of rotatable bonds is 6. The topological polar surface area (TPSA) is 64.4 Å². The molecule has 0 radical (unpaired) electrons. The van der Waals surface area contributed by atoms with E-state index in [1.807, 2.05) is 24.3 Å². The predicted octanol–water partition coefficient (Wildman–Crippen LogP) is 2.00. The monoisotopic (exact) mass is 284 g/mol. The number of hydrogen-bond donors (Lipinski definition) is 2. The molecule has 0 heterocycles. The summed E-state index contributed by atoms with van der Waals surface area (Å²) in [6, 6.07) is 8.44. The standard InChI is InChI=1S/C14H20N2O2.ClH/c15-14(17)10-18-13-7-5-11(6-8-13)9-16-12-3-1-2-4-12;/h5-8,12,16H,1-4,9-10H2,(H2,15,17);1H. The van der Waals surface area contributed by atoms with E-state index in [0.29, 0.717) is 11.8 Å². The Bertz CT molecular complexity index is 389. The van der Waals surface area contributed by atoms with Gasteiger partial charge in [0.25, 0.3) is 5.91 Å². The van der Waals surface area contributed by atoms with Crippen molar-refractivity contribution in [3.63, 3.8) is 0 Å². The van der Waals surface area contributed by atoms with Crippen molar-refractivity contribution in [3.8, 4) is 5.75 Å². The first-order valence-corrected chi connectivity index (χ1v) is 6.47. The molecule has 0 unspecified atom stereocenters. The van der Waals surface area contributed by atoms with Gasteiger partial charge < -0.3 is 15.8 Å².